The number of aromatic hydroxyl groups is 2. The number of phenols is 2. The molecule has 0 spiro atoms. The number of hydrogen-bond acceptors (Lipinski definition) is 8. The number of rotatable bonds is 16. The molecule has 9 heteroatoms. The summed E-state index contributed by atoms with van der Waals surface area (Å²) in [5.41, 5.74) is 6.41. The summed E-state index contributed by atoms with van der Waals surface area (Å²) in [4.78, 5) is 27.8. The van der Waals surface area contributed by atoms with E-state index in [0.29, 0.717) is 35.2 Å². The predicted molar refractivity (Wildman–Crippen MR) is 211 cm³/mol. The topological polar surface area (TPSA) is 145 Å². The number of aryl methyl sites for hydroxylation is 4. The third-order valence-electron chi connectivity index (χ3n) is 9.03. The molecule has 2 aromatic rings. The van der Waals surface area contributed by atoms with Gasteiger partial charge in [0.15, 0.2) is 0 Å². The van der Waals surface area contributed by atoms with E-state index in [9.17, 15) is 10.2 Å². The number of carboxylic acid groups (broad SMARTS) is 2. The third-order valence-corrected chi connectivity index (χ3v) is 9.03. The molecule has 3 rings (SSSR count). The van der Waals surface area contributed by atoms with E-state index in [4.69, 9.17) is 29.8 Å². The van der Waals surface area contributed by atoms with Gasteiger partial charge in [0.2, 0.25) is 0 Å². The maximum Gasteiger partial charge on any atom is 2.00 e. The Kier molecular flexibility index (Phi) is 25.0. The van der Waals surface area contributed by atoms with E-state index in [1.165, 1.54) is 11.1 Å². The SMILES string of the molecule is CC(=O)[O-].CC(=O)[O-].CC(C)CCc1cc(C=NC2CCCC(N=Cc3cc(CCC(C)C)cc(CCC(C)C)c3O)C2)c(O)c(CCC(C)C)c1.[Co+2]. The minimum absolute atomic E-state index is 0. The van der Waals surface area contributed by atoms with E-state index >= 15 is 0 Å². The summed E-state index contributed by atoms with van der Waals surface area (Å²) in [7, 11) is 0. The van der Waals surface area contributed by atoms with Crippen LogP contribution in [0, 0.1) is 23.7 Å². The zero-order valence-electron chi connectivity index (χ0n) is 34.2. The fraction of sp³-hybridized carbons (Fsp3) is 0.636. The molecular weight excluding hydrogens is 711 g/mol. The molecule has 1 radical (unpaired) electrons. The molecule has 0 amide bonds. The molecule has 0 aromatic heterocycles. The fourth-order valence-corrected chi connectivity index (χ4v) is 6.02. The smallest absolute Gasteiger partial charge is 0.550 e. The van der Waals surface area contributed by atoms with E-state index < -0.39 is 11.9 Å². The summed E-state index contributed by atoms with van der Waals surface area (Å²) in [6.07, 6.45) is 16.2. The Morgan fingerprint density at radius 1 is 0.642 bits per heavy atom. The third kappa shape index (κ3) is 22.6. The summed E-state index contributed by atoms with van der Waals surface area (Å²) in [6.45, 7) is 20.0. The van der Waals surface area contributed by atoms with Gasteiger partial charge in [0.05, 0.1) is 12.1 Å². The molecule has 53 heavy (non-hydrogen) atoms. The number of phenolic OH excluding ortho intramolecular Hbond substituents is 2. The van der Waals surface area contributed by atoms with Crippen molar-refractivity contribution in [3.63, 3.8) is 0 Å². The Balaban J connectivity index is 0.00000272. The molecule has 1 fully saturated rings. The zero-order chi connectivity index (χ0) is 39.4. The van der Waals surface area contributed by atoms with Crippen LogP contribution in [0.2, 0.25) is 0 Å². The van der Waals surface area contributed by atoms with Gasteiger partial charge >= 0.3 is 16.8 Å². The van der Waals surface area contributed by atoms with E-state index in [1.807, 2.05) is 12.4 Å². The van der Waals surface area contributed by atoms with Gasteiger partial charge < -0.3 is 30.0 Å². The Morgan fingerprint density at radius 2 is 0.943 bits per heavy atom. The average Bonchev–Trinajstić information content (AvgIpc) is 3.04. The Hall–Kier alpha value is -3.17. The summed E-state index contributed by atoms with van der Waals surface area (Å²) in [5.74, 6) is 1.12. The monoisotopic (exact) mass is 779 g/mol. The molecule has 8 nitrogen and oxygen atoms in total. The molecule has 1 aliphatic carbocycles. The number of aliphatic imine (C=N–C) groups is 2. The van der Waals surface area contributed by atoms with Crippen molar-refractivity contribution in [2.45, 2.75) is 158 Å². The van der Waals surface area contributed by atoms with E-state index in [0.717, 1.165) is 113 Å². The van der Waals surface area contributed by atoms with Crippen LogP contribution in [0.1, 0.15) is 154 Å². The minimum Gasteiger partial charge on any atom is -0.550 e. The Bertz CT molecular complexity index is 1320. The number of aliphatic carboxylic acids is 2. The summed E-state index contributed by atoms with van der Waals surface area (Å²) in [6, 6.07) is 9.09. The van der Waals surface area contributed by atoms with Gasteiger partial charge in [-0.25, -0.2) is 0 Å². The van der Waals surface area contributed by atoms with Crippen molar-refractivity contribution >= 4 is 24.4 Å². The number of nitrogens with zero attached hydrogens (tertiary/aromatic N) is 2. The molecule has 0 saturated heterocycles. The van der Waals surface area contributed by atoms with Crippen LogP contribution in [0.5, 0.6) is 11.5 Å². The van der Waals surface area contributed by atoms with Gasteiger partial charge in [0, 0.05) is 35.5 Å². The number of hydrogen-bond donors (Lipinski definition) is 2. The van der Waals surface area contributed by atoms with Gasteiger partial charge in [-0.3, -0.25) is 9.98 Å². The van der Waals surface area contributed by atoms with Crippen LogP contribution in [0.15, 0.2) is 34.3 Å². The maximum absolute atomic E-state index is 11.2. The van der Waals surface area contributed by atoms with E-state index in [1.54, 1.807) is 0 Å². The average molecular weight is 780 g/mol. The molecule has 2 aromatic carbocycles. The molecule has 0 aliphatic heterocycles. The maximum atomic E-state index is 11.2. The van der Waals surface area contributed by atoms with Crippen LogP contribution in [-0.2, 0) is 52.1 Å². The van der Waals surface area contributed by atoms with Crippen molar-refractivity contribution in [1.29, 1.82) is 0 Å². The first-order valence-electron chi connectivity index (χ1n) is 19.5. The number of carbonyl (C=O) groups is 2. The molecular formula is C44H68CoN2O6. The zero-order valence-corrected chi connectivity index (χ0v) is 35.2. The Morgan fingerprint density at radius 3 is 1.25 bits per heavy atom. The normalized spacial score (nSPS) is 15.7. The molecule has 0 heterocycles. The second kappa shape index (κ2) is 26.6. The van der Waals surface area contributed by atoms with Gasteiger partial charge in [-0.1, -0.05) is 67.5 Å². The van der Waals surface area contributed by atoms with Crippen molar-refractivity contribution in [3.05, 3.63) is 57.6 Å². The second-order valence-corrected chi connectivity index (χ2v) is 16.1. The van der Waals surface area contributed by atoms with Crippen molar-refractivity contribution in [1.82, 2.24) is 0 Å². The molecule has 1 aliphatic rings. The van der Waals surface area contributed by atoms with Gasteiger partial charge in [-0.2, -0.15) is 0 Å². The summed E-state index contributed by atoms with van der Waals surface area (Å²) < 4.78 is 0. The quantitative estimate of drug-likeness (QED) is 0.166. The van der Waals surface area contributed by atoms with Gasteiger partial charge in [0.1, 0.15) is 11.5 Å². The van der Waals surface area contributed by atoms with E-state index in [2.05, 4.69) is 79.7 Å². The molecule has 2 unspecified atom stereocenters. The molecule has 299 valence electrons. The number of benzene rings is 2. The first kappa shape index (κ1) is 49.8. The summed E-state index contributed by atoms with van der Waals surface area (Å²) in [5, 5.41) is 40.1. The van der Waals surface area contributed by atoms with Gasteiger partial charge in [0.25, 0.3) is 0 Å². The van der Waals surface area contributed by atoms with Crippen molar-refractivity contribution in [3.8, 4) is 11.5 Å². The Labute approximate surface area is 331 Å². The number of carboxylic acids is 2. The van der Waals surface area contributed by atoms with Crippen LogP contribution >= 0.6 is 0 Å². The van der Waals surface area contributed by atoms with Gasteiger partial charge in [-0.15, -0.1) is 0 Å². The van der Waals surface area contributed by atoms with Crippen LogP contribution < -0.4 is 10.2 Å². The largest absolute Gasteiger partial charge is 2.00 e. The number of carbonyl (C=O) groups excluding carboxylic acids is 2. The van der Waals surface area contributed by atoms with Crippen molar-refractivity contribution in [2.75, 3.05) is 0 Å². The summed E-state index contributed by atoms with van der Waals surface area (Å²) >= 11 is 0. The van der Waals surface area contributed by atoms with Crippen LogP contribution in [-0.4, -0.2) is 46.7 Å². The molecule has 1 saturated carbocycles. The fourth-order valence-electron chi connectivity index (χ4n) is 6.02. The van der Waals surface area contributed by atoms with Crippen molar-refractivity contribution < 1.29 is 46.8 Å². The van der Waals surface area contributed by atoms with E-state index in [-0.39, 0.29) is 28.9 Å². The van der Waals surface area contributed by atoms with Gasteiger partial charge in [-0.05, 0) is 149 Å². The second-order valence-electron chi connectivity index (χ2n) is 16.1. The van der Waals surface area contributed by atoms with Crippen LogP contribution in [0.3, 0.4) is 0 Å². The first-order chi connectivity index (χ1) is 24.4. The van der Waals surface area contributed by atoms with Crippen LogP contribution in [0.4, 0.5) is 0 Å². The standard InChI is InChI=1S/C40H62N2O2.2C2H4O2.Co/c1-27(2)12-16-31-20-33(18-14-29(5)6)39(43)35(22-31)25-41-37-10-9-11-38(24-37)42-26-36-23-32(17-13-28(3)4)21-34(40(36)44)19-15-30(7)8;2*1-2(3)4;/h20-23,25-30,37-38,43-44H,9-19,24H2,1-8H3;2*1H3,(H,3,4);/q;;;+2/p-2. The molecule has 2 N–H and O–H groups in total. The van der Waals surface area contributed by atoms with Crippen LogP contribution in [0.25, 0.3) is 0 Å². The van der Waals surface area contributed by atoms with Crippen molar-refractivity contribution in [2.24, 2.45) is 33.7 Å². The minimum atomic E-state index is -1.08. The first-order valence-corrected chi connectivity index (χ1v) is 19.5. The molecule has 0 bridgehead atoms. The molecule has 2 atom stereocenters. The predicted octanol–water partition coefficient (Wildman–Crippen LogP) is 7.81.